The Bertz CT molecular complexity index is 526. The van der Waals surface area contributed by atoms with Crippen molar-refractivity contribution in [3.8, 4) is 17.2 Å². The van der Waals surface area contributed by atoms with Crippen molar-refractivity contribution in [2.24, 2.45) is 0 Å². The van der Waals surface area contributed by atoms with Crippen molar-refractivity contribution in [3.05, 3.63) is 59.9 Å². The zero-order chi connectivity index (χ0) is 10.7. The second kappa shape index (κ2) is 3.93. The molecule has 0 aliphatic heterocycles. The Labute approximate surface area is 87.4 Å². The smallest absolute Gasteiger partial charge is 0.123 e. The zero-order valence-corrected chi connectivity index (χ0v) is 7.94. The van der Waals surface area contributed by atoms with Crippen LogP contribution in [0, 0.1) is 17.1 Å². The maximum absolute atomic E-state index is 13.0. The number of hydrogen-bond donors (Lipinski definition) is 0. The Kier molecular flexibility index (Phi) is 2.47. The lowest BCUT2D eigenvalue weighted by molar-refractivity contribution is 0.628. The highest BCUT2D eigenvalue weighted by Crippen LogP contribution is 2.20. The van der Waals surface area contributed by atoms with Gasteiger partial charge in [0.25, 0.3) is 0 Å². The van der Waals surface area contributed by atoms with E-state index in [1.165, 1.54) is 12.1 Å². The van der Waals surface area contributed by atoms with E-state index in [1.54, 1.807) is 24.3 Å². The van der Waals surface area contributed by atoms with E-state index in [0.29, 0.717) is 5.56 Å². The van der Waals surface area contributed by atoms with E-state index in [0.717, 1.165) is 11.1 Å². The van der Waals surface area contributed by atoms with Crippen molar-refractivity contribution in [1.82, 2.24) is 0 Å². The van der Waals surface area contributed by atoms with Gasteiger partial charge in [0.2, 0.25) is 0 Å². The Morgan fingerprint density at radius 2 is 1.60 bits per heavy atom. The first kappa shape index (κ1) is 9.42. The van der Waals surface area contributed by atoms with Gasteiger partial charge < -0.3 is 0 Å². The molecule has 0 aliphatic carbocycles. The Morgan fingerprint density at radius 3 is 2.27 bits per heavy atom. The van der Waals surface area contributed by atoms with Crippen LogP contribution < -0.4 is 0 Å². The summed E-state index contributed by atoms with van der Waals surface area (Å²) in [5.74, 6) is -0.269. The first-order chi connectivity index (χ1) is 7.29. The number of nitrogens with zero attached hydrogens (tertiary/aromatic N) is 1. The summed E-state index contributed by atoms with van der Waals surface area (Å²) in [5, 5.41) is 8.74. The van der Waals surface area contributed by atoms with Gasteiger partial charge in [0.05, 0.1) is 11.6 Å². The van der Waals surface area contributed by atoms with Crippen LogP contribution in [0.25, 0.3) is 11.1 Å². The number of benzene rings is 2. The second-order valence-electron chi connectivity index (χ2n) is 3.20. The first-order valence-corrected chi connectivity index (χ1v) is 4.56. The lowest BCUT2D eigenvalue weighted by Crippen LogP contribution is -1.81. The second-order valence-corrected chi connectivity index (χ2v) is 3.20. The topological polar surface area (TPSA) is 23.8 Å². The van der Waals surface area contributed by atoms with Crippen molar-refractivity contribution in [3.63, 3.8) is 0 Å². The van der Waals surface area contributed by atoms with E-state index in [2.05, 4.69) is 6.07 Å². The van der Waals surface area contributed by atoms with Gasteiger partial charge in [-0.15, -0.1) is 0 Å². The maximum atomic E-state index is 13.0. The van der Waals surface area contributed by atoms with Crippen molar-refractivity contribution in [1.29, 1.82) is 5.26 Å². The first-order valence-electron chi connectivity index (χ1n) is 4.56. The molecule has 2 rings (SSSR count). The van der Waals surface area contributed by atoms with Gasteiger partial charge in [-0.25, -0.2) is 4.39 Å². The molecule has 15 heavy (non-hydrogen) atoms. The fourth-order valence-corrected chi connectivity index (χ4v) is 1.44. The number of halogens is 1. The highest BCUT2D eigenvalue weighted by Gasteiger charge is 1.99. The molecule has 2 aromatic rings. The minimum atomic E-state index is -0.269. The summed E-state index contributed by atoms with van der Waals surface area (Å²) < 4.78 is 13.0. The van der Waals surface area contributed by atoms with Gasteiger partial charge in [-0.2, -0.15) is 5.26 Å². The predicted molar refractivity (Wildman–Crippen MR) is 56.6 cm³/mol. The zero-order valence-electron chi connectivity index (χ0n) is 7.94. The Morgan fingerprint density at radius 1 is 0.933 bits per heavy atom. The third-order valence-electron chi connectivity index (χ3n) is 2.15. The summed E-state index contributed by atoms with van der Waals surface area (Å²) in [6.45, 7) is 0. The van der Waals surface area contributed by atoms with Crippen molar-refractivity contribution >= 4 is 0 Å². The molecule has 0 saturated heterocycles. The van der Waals surface area contributed by atoms with Crippen LogP contribution in [0.3, 0.4) is 0 Å². The van der Waals surface area contributed by atoms with E-state index >= 15 is 0 Å². The van der Waals surface area contributed by atoms with E-state index in [4.69, 9.17) is 5.26 Å². The van der Waals surface area contributed by atoms with Crippen LogP contribution >= 0.6 is 0 Å². The molecule has 0 atom stereocenters. The monoisotopic (exact) mass is 197 g/mol. The lowest BCUT2D eigenvalue weighted by Gasteiger charge is -2.01. The van der Waals surface area contributed by atoms with Crippen molar-refractivity contribution in [2.75, 3.05) is 0 Å². The van der Waals surface area contributed by atoms with E-state index in [9.17, 15) is 4.39 Å². The Hall–Kier alpha value is -2.14. The quantitative estimate of drug-likeness (QED) is 0.687. The van der Waals surface area contributed by atoms with E-state index in [1.807, 2.05) is 12.1 Å². The highest BCUT2D eigenvalue weighted by molar-refractivity contribution is 5.65. The van der Waals surface area contributed by atoms with Gasteiger partial charge in [0.15, 0.2) is 0 Å². The summed E-state index contributed by atoms with van der Waals surface area (Å²) >= 11 is 0. The van der Waals surface area contributed by atoms with Crippen LogP contribution in [-0.2, 0) is 0 Å². The highest BCUT2D eigenvalue weighted by atomic mass is 19.1. The molecule has 0 heterocycles. The van der Waals surface area contributed by atoms with Gasteiger partial charge >= 0.3 is 0 Å². The van der Waals surface area contributed by atoms with Crippen LogP contribution in [0.5, 0.6) is 0 Å². The molecule has 0 aliphatic rings. The van der Waals surface area contributed by atoms with Crippen molar-refractivity contribution in [2.45, 2.75) is 0 Å². The van der Waals surface area contributed by atoms with Gasteiger partial charge in [-0.1, -0.05) is 24.3 Å². The van der Waals surface area contributed by atoms with Crippen LogP contribution in [-0.4, -0.2) is 0 Å². The van der Waals surface area contributed by atoms with Crippen LogP contribution in [0.4, 0.5) is 4.39 Å². The van der Waals surface area contributed by atoms with Gasteiger partial charge in [0, 0.05) is 0 Å². The molecule has 0 amide bonds. The van der Waals surface area contributed by atoms with Crippen LogP contribution in [0.2, 0.25) is 0 Å². The predicted octanol–water partition coefficient (Wildman–Crippen LogP) is 3.36. The largest absolute Gasteiger partial charge is 0.207 e. The molecule has 0 N–H and O–H groups in total. The van der Waals surface area contributed by atoms with Gasteiger partial charge in [0.1, 0.15) is 5.82 Å². The molecular weight excluding hydrogens is 189 g/mol. The fraction of sp³-hybridized carbons (Fsp3) is 0. The molecule has 0 unspecified atom stereocenters. The van der Waals surface area contributed by atoms with Crippen LogP contribution in [0.15, 0.2) is 48.5 Å². The third-order valence-corrected chi connectivity index (χ3v) is 2.15. The average Bonchev–Trinajstić information content (AvgIpc) is 2.29. The molecule has 0 saturated carbocycles. The molecule has 0 bridgehead atoms. The fourth-order valence-electron chi connectivity index (χ4n) is 1.44. The summed E-state index contributed by atoms with van der Waals surface area (Å²) in [6, 6.07) is 15.5. The number of rotatable bonds is 1. The maximum Gasteiger partial charge on any atom is 0.123 e. The summed E-state index contributed by atoms with van der Waals surface area (Å²) in [7, 11) is 0. The van der Waals surface area contributed by atoms with Crippen LogP contribution in [0.1, 0.15) is 5.56 Å². The minimum Gasteiger partial charge on any atom is -0.207 e. The van der Waals surface area contributed by atoms with Gasteiger partial charge in [-0.05, 0) is 35.4 Å². The minimum absolute atomic E-state index is 0.269. The molecular formula is C13H8FN. The normalized spacial score (nSPS) is 9.60. The molecule has 2 aromatic carbocycles. The average molecular weight is 197 g/mol. The summed E-state index contributed by atoms with van der Waals surface area (Å²) in [4.78, 5) is 0. The number of nitriles is 1. The van der Waals surface area contributed by atoms with E-state index in [-0.39, 0.29) is 5.82 Å². The number of hydrogen-bond acceptors (Lipinski definition) is 1. The third kappa shape index (κ3) is 2.03. The molecule has 2 heteroatoms. The molecule has 0 spiro atoms. The summed E-state index contributed by atoms with van der Waals surface area (Å²) in [5.41, 5.74) is 2.22. The molecule has 1 nitrogen and oxygen atoms in total. The Balaban J connectivity index is 2.50. The molecule has 0 radical (unpaired) electrons. The molecule has 0 aromatic heterocycles. The van der Waals surface area contributed by atoms with E-state index < -0.39 is 0 Å². The van der Waals surface area contributed by atoms with Crippen molar-refractivity contribution < 1.29 is 4.39 Å². The SMILES string of the molecule is N#Cc1cccc(-c2cccc(F)c2)c1. The summed E-state index contributed by atoms with van der Waals surface area (Å²) in [6.07, 6.45) is 0. The standard InChI is InChI=1S/C13H8FN/c14-13-6-2-5-12(8-13)11-4-1-3-10(7-11)9-15/h1-8H. The molecule has 72 valence electrons. The van der Waals surface area contributed by atoms with Gasteiger partial charge in [-0.3, -0.25) is 0 Å². The lowest BCUT2D eigenvalue weighted by atomic mass is 10.0. The molecule has 0 fully saturated rings.